The molecule has 0 bridgehead atoms. The first-order valence-corrected chi connectivity index (χ1v) is 7.14. The van der Waals surface area contributed by atoms with Gasteiger partial charge in [-0.2, -0.15) is 5.10 Å². The maximum absolute atomic E-state index is 4.38. The fraction of sp³-hybridized carbons (Fsp3) is 0.857. The van der Waals surface area contributed by atoms with E-state index in [2.05, 4.69) is 50.0 Å². The molecule has 1 N–H and O–H groups in total. The minimum Gasteiger partial charge on any atom is -0.314 e. The minimum atomic E-state index is 0.569. The summed E-state index contributed by atoms with van der Waals surface area (Å²) in [6, 6.07) is 0.569. The van der Waals surface area contributed by atoms with Crippen LogP contribution in [0.5, 0.6) is 0 Å². The van der Waals surface area contributed by atoms with Crippen molar-refractivity contribution in [1.29, 1.82) is 0 Å². The van der Waals surface area contributed by atoms with Crippen molar-refractivity contribution in [3.63, 3.8) is 0 Å². The van der Waals surface area contributed by atoms with Crippen molar-refractivity contribution in [2.24, 2.45) is 11.8 Å². The third-order valence-corrected chi connectivity index (χ3v) is 3.18. The molecular weight excluding hydrogens is 224 g/mol. The van der Waals surface area contributed by atoms with Crippen LogP contribution in [-0.4, -0.2) is 27.4 Å². The largest absolute Gasteiger partial charge is 0.314 e. The molecule has 0 amide bonds. The van der Waals surface area contributed by atoms with Crippen LogP contribution in [0.4, 0.5) is 0 Å². The van der Waals surface area contributed by atoms with Gasteiger partial charge in [-0.3, -0.25) is 0 Å². The molecule has 0 fully saturated rings. The number of nitrogens with zero attached hydrogens (tertiary/aromatic N) is 3. The Balaban J connectivity index is 2.53. The Morgan fingerprint density at radius 2 is 2.00 bits per heavy atom. The number of hydrogen-bond donors (Lipinski definition) is 1. The molecule has 18 heavy (non-hydrogen) atoms. The Hall–Kier alpha value is -0.900. The van der Waals surface area contributed by atoms with Crippen molar-refractivity contribution in [3.8, 4) is 0 Å². The van der Waals surface area contributed by atoms with E-state index in [0.717, 1.165) is 31.8 Å². The summed E-state index contributed by atoms with van der Waals surface area (Å²) >= 11 is 0. The van der Waals surface area contributed by atoms with E-state index in [1.165, 1.54) is 0 Å². The van der Waals surface area contributed by atoms with Gasteiger partial charge in [0.1, 0.15) is 12.2 Å². The zero-order chi connectivity index (χ0) is 13.5. The molecule has 0 aliphatic carbocycles. The van der Waals surface area contributed by atoms with Gasteiger partial charge in [-0.25, -0.2) is 9.67 Å². The van der Waals surface area contributed by atoms with Crippen molar-refractivity contribution < 1.29 is 0 Å². The fourth-order valence-corrected chi connectivity index (χ4v) is 2.20. The van der Waals surface area contributed by atoms with E-state index in [1.807, 2.05) is 4.68 Å². The van der Waals surface area contributed by atoms with Crippen LogP contribution in [0.3, 0.4) is 0 Å². The summed E-state index contributed by atoms with van der Waals surface area (Å²) in [7, 11) is 0. The molecule has 4 heteroatoms. The number of aromatic nitrogens is 3. The zero-order valence-corrected chi connectivity index (χ0v) is 12.5. The summed E-state index contributed by atoms with van der Waals surface area (Å²) in [5.74, 6) is 2.39. The smallest absolute Gasteiger partial charge is 0.138 e. The lowest BCUT2D eigenvalue weighted by atomic mass is 9.99. The van der Waals surface area contributed by atoms with Crippen LogP contribution in [0.25, 0.3) is 0 Å². The van der Waals surface area contributed by atoms with Crippen LogP contribution in [0.1, 0.15) is 46.9 Å². The lowest BCUT2D eigenvalue weighted by Crippen LogP contribution is -2.34. The summed E-state index contributed by atoms with van der Waals surface area (Å²) < 4.78 is 2.05. The molecular formula is C14H28N4. The van der Waals surface area contributed by atoms with E-state index < -0.39 is 0 Å². The molecule has 0 spiro atoms. The van der Waals surface area contributed by atoms with Gasteiger partial charge >= 0.3 is 0 Å². The van der Waals surface area contributed by atoms with Gasteiger partial charge in [-0.1, -0.05) is 34.6 Å². The van der Waals surface area contributed by atoms with Crippen LogP contribution < -0.4 is 5.32 Å². The maximum Gasteiger partial charge on any atom is 0.138 e. The summed E-state index contributed by atoms with van der Waals surface area (Å²) in [6.07, 6.45) is 3.81. The summed E-state index contributed by atoms with van der Waals surface area (Å²) in [5, 5.41) is 7.86. The highest BCUT2D eigenvalue weighted by molar-refractivity contribution is 4.87. The molecule has 1 aromatic rings. The average Bonchev–Trinajstić information content (AvgIpc) is 2.70. The first kappa shape index (κ1) is 15.2. The SMILES string of the molecule is CCNC(CCc1ncnn1CC(C)C)C(C)C. The minimum absolute atomic E-state index is 0.569. The summed E-state index contributed by atoms with van der Waals surface area (Å²) in [5.41, 5.74) is 0. The summed E-state index contributed by atoms with van der Waals surface area (Å²) in [4.78, 5) is 4.38. The highest BCUT2D eigenvalue weighted by Gasteiger charge is 2.14. The van der Waals surface area contributed by atoms with Crippen molar-refractivity contribution in [2.75, 3.05) is 6.54 Å². The monoisotopic (exact) mass is 252 g/mol. The summed E-state index contributed by atoms with van der Waals surface area (Å²) in [6.45, 7) is 13.1. The number of aryl methyl sites for hydroxylation is 1. The second kappa shape index (κ2) is 7.52. The quantitative estimate of drug-likeness (QED) is 0.773. The van der Waals surface area contributed by atoms with Crippen molar-refractivity contribution in [1.82, 2.24) is 20.1 Å². The third kappa shape index (κ3) is 4.77. The third-order valence-electron chi connectivity index (χ3n) is 3.18. The molecule has 0 saturated heterocycles. The topological polar surface area (TPSA) is 42.7 Å². The normalized spacial score (nSPS) is 13.5. The van der Waals surface area contributed by atoms with E-state index in [4.69, 9.17) is 0 Å². The number of nitrogens with one attached hydrogen (secondary N) is 1. The molecule has 1 atom stereocenters. The van der Waals surface area contributed by atoms with Crippen molar-refractivity contribution >= 4 is 0 Å². The molecule has 0 radical (unpaired) electrons. The Morgan fingerprint density at radius 1 is 1.28 bits per heavy atom. The number of hydrogen-bond acceptors (Lipinski definition) is 3. The van der Waals surface area contributed by atoms with Gasteiger partial charge in [0.2, 0.25) is 0 Å². The van der Waals surface area contributed by atoms with Crippen molar-refractivity contribution in [2.45, 2.75) is 60.0 Å². The Bertz CT molecular complexity index is 330. The van der Waals surface area contributed by atoms with Crippen LogP contribution >= 0.6 is 0 Å². The molecule has 0 saturated carbocycles. The predicted molar refractivity (Wildman–Crippen MR) is 75.5 cm³/mol. The van der Waals surface area contributed by atoms with Crippen LogP contribution in [0.2, 0.25) is 0 Å². The van der Waals surface area contributed by atoms with Gasteiger partial charge in [0.15, 0.2) is 0 Å². The van der Waals surface area contributed by atoms with Crippen molar-refractivity contribution in [3.05, 3.63) is 12.2 Å². The van der Waals surface area contributed by atoms with Gasteiger partial charge in [-0.15, -0.1) is 0 Å². The van der Waals surface area contributed by atoms with E-state index in [9.17, 15) is 0 Å². The zero-order valence-electron chi connectivity index (χ0n) is 12.5. The molecule has 1 aromatic heterocycles. The highest BCUT2D eigenvalue weighted by atomic mass is 15.3. The first-order valence-electron chi connectivity index (χ1n) is 7.14. The van der Waals surface area contributed by atoms with E-state index in [-0.39, 0.29) is 0 Å². The van der Waals surface area contributed by atoms with Gasteiger partial charge in [0.05, 0.1) is 0 Å². The standard InChI is InChI=1S/C14H28N4/c1-6-15-13(12(4)5)7-8-14-16-10-17-18(14)9-11(2)3/h10-13,15H,6-9H2,1-5H3. The van der Waals surface area contributed by atoms with E-state index in [1.54, 1.807) is 6.33 Å². The molecule has 1 rings (SSSR count). The number of rotatable bonds is 8. The lowest BCUT2D eigenvalue weighted by molar-refractivity contribution is 0.376. The molecule has 0 aromatic carbocycles. The fourth-order valence-electron chi connectivity index (χ4n) is 2.20. The maximum atomic E-state index is 4.38. The molecule has 1 unspecified atom stereocenters. The van der Waals surface area contributed by atoms with Crippen LogP contribution in [-0.2, 0) is 13.0 Å². The Kier molecular flexibility index (Phi) is 6.33. The molecule has 104 valence electrons. The lowest BCUT2D eigenvalue weighted by Gasteiger charge is -2.21. The molecule has 1 heterocycles. The van der Waals surface area contributed by atoms with Gasteiger partial charge in [0.25, 0.3) is 0 Å². The Morgan fingerprint density at radius 3 is 2.56 bits per heavy atom. The molecule has 0 aliphatic rings. The predicted octanol–water partition coefficient (Wildman–Crippen LogP) is 2.50. The molecule has 0 aliphatic heterocycles. The van der Waals surface area contributed by atoms with Gasteiger partial charge in [0, 0.05) is 19.0 Å². The van der Waals surface area contributed by atoms with Crippen LogP contribution in [0, 0.1) is 11.8 Å². The van der Waals surface area contributed by atoms with Gasteiger partial charge < -0.3 is 5.32 Å². The van der Waals surface area contributed by atoms with Gasteiger partial charge in [-0.05, 0) is 24.8 Å². The van der Waals surface area contributed by atoms with E-state index in [0.29, 0.717) is 17.9 Å². The Labute approximate surface area is 111 Å². The van der Waals surface area contributed by atoms with Crippen LogP contribution in [0.15, 0.2) is 6.33 Å². The first-order chi connectivity index (χ1) is 8.54. The average molecular weight is 252 g/mol. The second-order valence-electron chi connectivity index (χ2n) is 5.70. The van der Waals surface area contributed by atoms with E-state index >= 15 is 0 Å². The second-order valence-corrected chi connectivity index (χ2v) is 5.70. The molecule has 4 nitrogen and oxygen atoms in total. The highest BCUT2D eigenvalue weighted by Crippen LogP contribution is 2.10.